The van der Waals surface area contributed by atoms with Crippen molar-refractivity contribution in [3.63, 3.8) is 0 Å². The van der Waals surface area contributed by atoms with Crippen LogP contribution in [0.5, 0.6) is 5.75 Å². The Bertz CT molecular complexity index is 976. The van der Waals surface area contributed by atoms with Gasteiger partial charge in [0.1, 0.15) is 11.9 Å². The molecule has 3 aromatic rings. The number of nitrogens with zero attached hydrogens (tertiary/aromatic N) is 4. The molecule has 1 atom stereocenters. The summed E-state index contributed by atoms with van der Waals surface area (Å²) in [6.45, 7) is 1.73. The molecule has 0 aliphatic heterocycles. The molecule has 0 N–H and O–H groups in total. The number of ether oxygens (including phenoxy) is 1. The third-order valence-electron chi connectivity index (χ3n) is 3.83. The Balaban J connectivity index is 2.02. The van der Waals surface area contributed by atoms with Crippen LogP contribution in [0, 0.1) is 15.9 Å². The second kappa shape index (κ2) is 7.20. The van der Waals surface area contributed by atoms with Crippen molar-refractivity contribution in [3.8, 4) is 17.0 Å². The van der Waals surface area contributed by atoms with Gasteiger partial charge in [0.25, 0.3) is 0 Å². The lowest BCUT2D eigenvalue weighted by atomic mass is 10.00. The molecule has 0 fully saturated rings. The summed E-state index contributed by atoms with van der Waals surface area (Å²) < 4.78 is 21.8. The van der Waals surface area contributed by atoms with Gasteiger partial charge < -0.3 is 14.9 Å². The Morgan fingerprint density at radius 1 is 1.35 bits per heavy atom. The fourth-order valence-electron chi connectivity index (χ4n) is 2.63. The summed E-state index contributed by atoms with van der Waals surface area (Å²) in [4.78, 5) is 14.4. The number of halogens is 2. The van der Waals surface area contributed by atoms with Crippen LogP contribution in [0.2, 0.25) is 0 Å². The van der Waals surface area contributed by atoms with Gasteiger partial charge in [0.2, 0.25) is 5.75 Å². The van der Waals surface area contributed by atoms with Gasteiger partial charge in [-0.15, -0.1) is 0 Å². The van der Waals surface area contributed by atoms with Gasteiger partial charge in [-0.25, -0.2) is 4.39 Å². The lowest BCUT2D eigenvalue weighted by Gasteiger charge is -2.18. The maximum absolute atomic E-state index is 13.8. The number of pyridine rings is 1. The van der Waals surface area contributed by atoms with E-state index in [1.165, 1.54) is 24.4 Å². The van der Waals surface area contributed by atoms with Crippen molar-refractivity contribution in [1.82, 2.24) is 14.8 Å². The molecule has 0 spiro atoms. The Morgan fingerprint density at radius 2 is 2.12 bits per heavy atom. The number of benzene rings is 1. The van der Waals surface area contributed by atoms with Crippen LogP contribution < -0.4 is 4.74 Å². The quantitative estimate of drug-likeness (QED) is 0.450. The fourth-order valence-corrected chi connectivity index (χ4v) is 2.94. The number of rotatable bonds is 5. The van der Waals surface area contributed by atoms with Crippen LogP contribution in [0.15, 0.2) is 47.2 Å². The van der Waals surface area contributed by atoms with E-state index in [1.54, 1.807) is 37.0 Å². The molecule has 2 aromatic heterocycles. The topological polar surface area (TPSA) is 83.1 Å². The summed E-state index contributed by atoms with van der Waals surface area (Å²) in [7, 11) is 1.75. The van der Waals surface area contributed by atoms with E-state index in [2.05, 4.69) is 26.0 Å². The van der Waals surface area contributed by atoms with Crippen LogP contribution in [-0.2, 0) is 7.05 Å². The fraction of sp³-hybridized carbons (Fsp3) is 0.176. The van der Waals surface area contributed by atoms with Crippen molar-refractivity contribution in [2.24, 2.45) is 7.05 Å². The molecule has 26 heavy (non-hydrogen) atoms. The molecular weight excluding hydrogens is 407 g/mol. The Labute approximate surface area is 156 Å². The third-order valence-corrected chi connectivity index (χ3v) is 4.26. The van der Waals surface area contributed by atoms with E-state index >= 15 is 0 Å². The van der Waals surface area contributed by atoms with Crippen molar-refractivity contribution in [2.45, 2.75) is 13.0 Å². The van der Waals surface area contributed by atoms with E-state index in [9.17, 15) is 14.5 Å². The van der Waals surface area contributed by atoms with Crippen LogP contribution >= 0.6 is 15.9 Å². The highest BCUT2D eigenvalue weighted by atomic mass is 79.9. The summed E-state index contributed by atoms with van der Waals surface area (Å²) >= 11 is 3.23. The molecule has 0 aliphatic rings. The van der Waals surface area contributed by atoms with Crippen LogP contribution in [-0.4, -0.2) is 19.7 Å². The minimum Gasteiger partial charge on any atom is -0.478 e. The predicted molar refractivity (Wildman–Crippen MR) is 96.2 cm³/mol. The molecule has 3 rings (SSSR count). The summed E-state index contributed by atoms with van der Waals surface area (Å²) in [5.41, 5.74) is 1.98. The Morgan fingerprint density at radius 3 is 2.77 bits per heavy atom. The van der Waals surface area contributed by atoms with E-state index in [0.29, 0.717) is 21.3 Å². The minimum absolute atomic E-state index is 0.0251. The van der Waals surface area contributed by atoms with Crippen LogP contribution in [0.25, 0.3) is 11.3 Å². The standard InChI is InChI=1S/C17H14BrFN4O3/c1-10(26-16-7-11(18)9-20-17(16)23(24)25)13-4-3-12(19)8-14(13)15-5-6-21-22(15)2/h3-10H,1-2H3. The third kappa shape index (κ3) is 3.57. The zero-order valence-corrected chi connectivity index (χ0v) is 15.5. The van der Waals surface area contributed by atoms with E-state index in [0.717, 1.165) is 0 Å². The molecule has 0 aliphatic carbocycles. The van der Waals surface area contributed by atoms with Crippen LogP contribution in [0.1, 0.15) is 18.6 Å². The molecule has 0 amide bonds. The van der Waals surface area contributed by atoms with E-state index in [-0.39, 0.29) is 11.6 Å². The number of hydrogen-bond donors (Lipinski definition) is 0. The molecule has 134 valence electrons. The zero-order valence-electron chi connectivity index (χ0n) is 13.9. The Kier molecular flexibility index (Phi) is 4.99. The van der Waals surface area contributed by atoms with Gasteiger partial charge in [-0.05, 0) is 51.0 Å². The molecule has 0 radical (unpaired) electrons. The number of aryl methyl sites for hydroxylation is 1. The maximum atomic E-state index is 13.8. The van der Waals surface area contributed by atoms with Gasteiger partial charge in [-0.2, -0.15) is 5.10 Å². The molecular formula is C17H14BrFN4O3. The zero-order chi connectivity index (χ0) is 18.8. The first kappa shape index (κ1) is 18.0. The van der Waals surface area contributed by atoms with E-state index in [4.69, 9.17) is 4.74 Å². The highest BCUT2D eigenvalue weighted by Crippen LogP contribution is 2.35. The van der Waals surface area contributed by atoms with Gasteiger partial charge >= 0.3 is 5.82 Å². The SMILES string of the molecule is CC(Oc1cc(Br)cnc1[N+](=O)[O-])c1ccc(F)cc1-c1ccnn1C. The van der Waals surface area contributed by atoms with Crippen molar-refractivity contribution in [2.75, 3.05) is 0 Å². The van der Waals surface area contributed by atoms with Gasteiger partial charge in [0.15, 0.2) is 6.20 Å². The van der Waals surface area contributed by atoms with E-state index < -0.39 is 16.8 Å². The lowest BCUT2D eigenvalue weighted by Crippen LogP contribution is -2.08. The number of nitro groups is 1. The summed E-state index contributed by atoms with van der Waals surface area (Å²) in [5, 5.41) is 15.3. The second-order valence-corrected chi connectivity index (χ2v) is 6.48. The smallest absolute Gasteiger partial charge is 0.406 e. The average Bonchev–Trinajstić information content (AvgIpc) is 3.00. The number of hydrogen-bond acceptors (Lipinski definition) is 5. The van der Waals surface area contributed by atoms with Gasteiger partial charge in [0.05, 0.1) is 10.2 Å². The van der Waals surface area contributed by atoms with Crippen molar-refractivity contribution in [3.05, 3.63) is 68.7 Å². The largest absolute Gasteiger partial charge is 0.478 e. The molecule has 9 heteroatoms. The van der Waals surface area contributed by atoms with Crippen molar-refractivity contribution >= 4 is 21.7 Å². The average molecular weight is 421 g/mol. The van der Waals surface area contributed by atoms with Crippen molar-refractivity contribution < 1.29 is 14.1 Å². The molecule has 1 aromatic carbocycles. The molecule has 0 bridgehead atoms. The second-order valence-electron chi connectivity index (χ2n) is 5.56. The first-order valence-electron chi connectivity index (χ1n) is 7.61. The number of aromatic nitrogens is 3. The maximum Gasteiger partial charge on any atom is 0.406 e. The van der Waals surface area contributed by atoms with Crippen LogP contribution in [0.3, 0.4) is 0 Å². The molecule has 0 saturated carbocycles. The lowest BCUT2D eigenvalue weighted by molar-refractivity contribution is -0.390. The van der Waals surface area contributed by atoms with Gasteiger partial charge in [-0.1, -0.05) is 6.07 Å². The highest BCUT2D eigenvalue weighted by Gasteiger charge is 2.22. The first-order valence-corrected chi connectivity index (χ1v) is 8.40. The minimum atomic E-state index is -0.610. The Hall–Kier alpha value is -2.81. The molecule has 0 saturated heterocycles. The normalized spacial score (nSPS) is 12.0. The van der Waals surface area contributed by atoms with E-state index in [1.807, 2.05) is 0 Å². The first-order chi connectivity index (χ1) is 12.4. The van der Waals surface area contributed by atoms with Gasteiger partial charge in [-0.3, -0.25) is 4.68 Å². The highest BCUT2D eigenvalue weighted by molar-refractivity contribution is 9.10. The van der Waals surface area contributed by atoms with Crippen molar-refractivity contribution in [1.29, 1.82) is 0 Å². The monoisotopic (exact) mass is 420 g/mol. The summed E-state index contributed by atoms with van der Waals surface area (Å²) in [6.07, 6.45) is 2.35. The molecule has 7 nitrogen and oxygen atoms in total. The molecule has 1 unspecified atom stereocenters. The summed E-state index contributed by atoms with van der Waals surface area (Å²) in [6, 6.07) is 7.55. The predicted octanol–water partition coefficient (Wildman–Crippen LogP) is 4.43. The van der Waals surface area contributed by atoms with Gasteiger partial charge in [0, 0.05) is 30.4 Å². The van der Waals surface area contributed by atoms with Crippen LogP contribution in [0.4, 0.5) is 10.2 Å². The summed E-state index contributed by atoms with van der Waals surface area (Å²) in [5.74, 6) is -0.756. The molecule has 2 heterocycles.